The van der Waals surface area contributed by atoms with E-state index in [1.165, 1.54) is 18.4 Å². The lowest BCUT2D eigenvalue weighted by molar-refractivity contribution is 0.196. The lowest BCUT2D eigenvalue weighted by atomic mass is 9.89. The van der Waals surface area contributed by atoms with Gasteiger partial charge in [-0.2, -0.15) is 0 Å². The summed E-state index contributed by atoms with van der Waals surface area (Å²) in [4.78, 5) is 7.36. The molecule has 2 aromatic carbocycles. The average Bonchev–Trinajstić information content (AvgIpc) is 3.05. The van der Waals surface area contributed by atoms with E-state index in [-0.39, 0.29) is 5.82 Å². The highest BCUT2D eigenvalue weighted by Crippen LogP contribution is 2.34. The third kappa shape index (κ3) is 3.06. The van der Waals surface area contributed by atoms with Crippen LogP contribution in [0.3, 0.4) is 0 Å². The Morgan fingerprint density at radius 1 is 1.07 bits per heavy atom. The van der Waals surface area contributed by atoms with Crippen LogP contribution in [0.5, 0.6) is 0 Å². The van der Waals surface area contributed by atoms with Crippen molar-refractivity contribution >= 4 is 11.0 Å². The van der Waals surface area contributed by atoms with Gasteiger partial charge in [-0.05, 0) is 68.8 Å². The highest BCUT2D eigenvalue weighted by atomic mass is 19.1. The van der Waals surface area contributed by atoms with Crippen LogP contribution in [0.4, 0.5) is 4.39 Å². The molecule has 0 spiro atoms. The number of nitrogens with zero attached hydrogens (tertiary/aromatic N) is 3. The summed E-state index contributed by atoms with van der Waals surface area (Å²) in [5.74, 6) is 1.61. The Morgan fingerprint density at radius 3 is 2.63 bits per heavy atom. The van der Waals surface area contributed by atoms with Crippen molar-refractivity contribution in [2.24, 2.45) is 0 Å². The summed E-state index contributed by atoms with van der Waals surface area (Å²) in [6, 6.07) is 14.6. The number of halogens is 1. The molecule has 2 aliphatic heterocycles. The zero-order chi connectivity index (χ0) is 18.4. The second-order valence-electron chi connectivity index (χ2n) is 8.18. The van der Waals surface area contributed by atoms with Gasteiger partial charge < -0.3 is 4.57 Å². The quantitative estimate of drug-likeness (QED) is 0.648. The maximum Gasteiger partial charge on any atom is 0.125 e. The molecule has 0 saturated carbocycles. The summed E-state index contributed by atoms with van der Waals surface area (Å²) in [7, 11) is 0. The zero-order valence-corrected chi connectivity index (χ0v) is 15.9. The molecule has 2 aliphatic rings. The number of rotatable bonds is 3. The molecule has 1 fully saturated rings. The normalized spacial score (nSPS) is 21.0. The standard InChI is InChI=1S/C23H26FN3/c1-16-7-8-19-13-20(24)14-21-23(19)27(16)22(25-21)15-26-11-9-18(10-12-26)17-5-3-2-4-6-17/h2-6,13-14,16,18H,7-12,15H2,1H3/t16-/m1/s1. The number of imidazole rings is 1. The van der Waals surface area contributed by atoms with Gasteiger partial charge in [-0.15, -0.1) is 0 Å². The van der Waals surface area contributed by atoms with Gasteiger partial charge in [0.25, 0.3) is 0 Å². The highest BCUT2D eigenvalue weighted by Gasteiger charge is 2.26. The van der Waals surface area contributed by atoms with E-state index in [2.05, 4.69) is 46.7 Å². The molecule has 1 saturated heterocycles. The Kier molecular flexibility index (Phi) is 4.24. The predicted octanol–water partition coefficient (Wildman–Crippen LogP) is 5.06. The summed E-state index contributed by atoms with van der Waals surface area (Å²) < 4.78 is 16.3. The van der Waals surface area contributed by atoms with E-state index in [1.807, 2.05) is 0 Å². The second kappa shape index (κ2) is 6.75. The van der Waals surface area contributed by atoms with E-state index in [1.54, 1.807) is 12.1 Å². The number of hydrogen-bond acceptors (Lipinski definition) is 2. The first-order valence-corrected chi connectivity index (χ1v) is 10.2. The van der Waals surface area contributed by atoms with Crippen LogP contribution in [0.2, 0.25) is 0 Å². The fourth-order valence-corrected chi connectivity index (χ4v) is 4.95. The first-order chi connectivity index (χ1) is 13.2. The van der Waals surface area contributed by atoms with Gasteiger partial charge in [-0.25, -0.2) is 9.37 Å². The molecule has 3 nitrogen and oxygen atoms in total. The number of benzene rings is 2. The number of piperidine rings is 1. The Labute approximate surface area is 159 Å². The number of aryl methyl sites for hydroxylation is 1. The molecule has 0 aliphatic carbocycles. The molecule has 5 rings (SSSR count). The monoisotopic (exact) mass is 363 g/mol. The van der Waals surface area contributed by atoms with Crippen LogP contribution < -0.4 is 0 Å². The van der Waals surface area contributed by atoms with Gasteiger partial charge in [0, 0.05) is 12.1 Å². The van der Waals surface area contributed by atoms with Crippen LogP contribution in [0.1, 0.15) is 55.1 Å². The molecular formula is C23H26FN3. The van der Waals surface area contributed by atoms with Gasteiger partial charge in [0.2, 0.25) is 0 Å². The Bertz CT molecular complexity index is 955. The molecule has 0 radical (unpaired) electrons. The molecular weight excluding hydrogens is 337 g/mol. The lowest BCUT2D eigenvalue weighted by Crippen LogP contribution is -2.33. The molecule has 0 bridgehead atoms. The average molecular weight is 363 g/mol. The van der Waals surface area contributed by atoms with E-state index >= 15 is 0 Å². The van der Waals surface area contributed by atoms with Crippen molar-refractivity contribution in [3.8, 4) is 0 Å². The van der Waals surface area contributed by atoms with Crippen LogP contribution in [0, 0.1) is 5.82 Å². The minimum absolute atomic E-state index is 0.160. The first kappa shape index (κ1) is 16.9. The minimum atomic E-state index is -0.160. The van der Waals surface area contributed by atoms with Crippen molar-refractivity contribution in [3.05, 3.63) is 65.2 Å². The highest BCUT2D eigenvalue weighted by molar-refractivity contribution is 5.80. The van der Waals surface area contributed by atoms with Gasteiger partial charge in [-0.3, -0.25) is 4.90 Å². The van der Waals surface area contributed by atoms with Crippen LogP contribution in [0.25, 0.3) is 11.0 Å². The van der Waals surface area contributed by atoms with Crippen molar-refractivity contribution in [1.82, 2.24) is 14.5 Å². The Morgan fingerprint density at radius 2 is 1.85 bits per heavy atom. The largest absolute Gasteiger partial charge is 0.324 e. The molecule has 0 amide bonds. The molecule has 3 aromatic rings. The molecule has 1 atom stereocenters. The topological polar surface area (TPSA) is 21.1 Å². The van der Waals surface area contributed by atoms with Crippen LogP contribution in [-0.2, 0) is 13.0 Å². The van der Waals surface area contributed by atoms with Crippen LogP contribution in [-0.4, -0.2) is 27.5 Å². The van der Waals surface area contributed by atoms with Gasteiger partial charge in [-0.1, -0.05) is 30.3 Å². The molecule has 3 heterocycles. The summed E-state index contributed by atoms with van der Waals surface area (Å²) in [5.41, 5.74) is 4.56. The van der Waals surface area contributed by atoms with E-state index in [4.69, 9.17) is 4.98 Å². The van der Waals surface area contributed by atoms with Gasteiger partial charge in [0.1, 0.15) is 11.6 Å². The SMILES string of the molecule is C[C@@H]1CCc2cc(F)cc3nc(CN4CCC(c5ccccc5)CC4)n1c23. The Hall–Kier alpha value is -2.20. The third-order valence-electron chi connectivity index (χ3n) is 6.40. The summed E-state index contributed by atoms with van der Waals surface area (Å²) in [5, 5.41) is 0. The summed E-state index contributed by atoms with van der Waals surface area (Å²) in [6.07, 6.45) is 4.40. The van der Waals surface area contributed by atoms with Gasteiger partial charge >= 0.3 is 0 Å². The van der Waals surface area contributed by atoms with Crippen molar-refractivity contribution in [3.63, 3.8) is 0 Å². The van der Waals surface area contributed by atoms with E-state index < -0.39 is 0 Å². The molecule has 0 unspecified atom stereocenters. The molecule has 4 heteroatoms. The molecule has 0 N–H and O–H groups in total. The van der Waals surface area contributed by atoms with Crippen molar-refractivity contribution < 1.29 is 4.39 Å². The van der Waals surface area contributed by atoms with Crippen LogP contribution >= 0.6 is 0 Å². The maximum absolute atomic E-state index is 13.9. The van der Waals surface area contributed by atoms with E-state index in [9.17, 15) is 4.39 Å². The van der Waals surface area contributed by atoms with Crippen LogP contribution in [0.15, 0.2) is 42.5 Å². The van der Waals surface area contributed by atoms with Gasteiger partial charge in [0.15, 0.2) is 0 Å². The van der Waals surface area contributed by atoms with Crippen molar-refractivity contribution in [2.75, 3.05) is 13.1 Å². The van der Waals surface area contributed by atoms with E-state index in [0.29, 0.717) is 12.0 Å². The number of likely N-dealkylation sites (tertiary alicyclic amines) is 1. The summed E-state index contributed by atoms with van der Waals surface area (Å²) >= 11 is 0. The second-order valence-corrected chi connectivity index (χ2v) is 8.18. The fraction of sp³-hybridized carbons (Fsp3) is 0.435. The zero-order valence-electron chi connectivity index (χ0n) is 15.9. The maximum atomic E-state index is 13.9. The molecule has 27 heavy (non-hydrogen) atoms. The molecule has 1 aromatic heterocycles. The first-order valence-electron chi connectivity index (χ1n) is 10.2. The Balaban J connectivity index is 1.37. The molecule has 140 valence electrons. The predicted molar refractivity (Wildman–Crippen MR) is 106 cm³/mol. The van der Waals surface area contributed by atoms with Gasteiger partial charge in [0.05, 0.1) is 17.6 Å². The third-order valence-corrected chi connectivity index (χ3v) is 6.40. The smallest absolute Gasteiger partial charge is 0.125 e. The van der Waals surface area contributed by atoms with Crippen molar-refractivity contribution in [2.45, 2.75) is 51.1 Å². The minimum Gasteiger partial charge on any atom is -0.324 e. The number of aromatic nitrogens is 2. The fourth-order valence-electron chi connectivity index (χ4n) is 4.95. The lowest BCUT2D eigenvalue weighted by Gasteiger charge is -2.32. The summed E-state index contributed by atoms with van der Waals surface area (Å²) in [6.45, 7) is 5.32. The van der Waals surface area contributed by atoms with Crippen molar-refractivity contribution in [1.29, 1.82) is 0 Å². The van der Waals surface area contributed by atoms with E-state index in [0.717, 1.165) is 54.9 Å². The number of hydrogen-bond donors (Lipinski definition) is 0.